The number of hydrogen-bond donors (Lipinski definition) is 1. The maximum absolute atomic E-state index is 12.4. The molecule has 94 valence electrons. The molecule has 0 heterocycles. The highest BCUT2D eigenvalue weighted by atomic mass is 16.2. The summed E-state index contributed by atoms with van der Waals surface area (Å²) in [5, 5.41) is 0. The van der Waals surface area contributed by atoms with Crippen molar-refractivity contribution >= 4 is 11.6 Å². The Morgan fingerprint density at radius 1 is 1.29 bits per heavy atom. The first-order valence-electron chi connectivity index (χ1n) is 6.18. The highest BCUT2D eigenvalue weighted by Crippen LogP contribution is 2.19. The molecule has 2 N–H and O–H groups in total. The first-order chi connectivity index (χ1) is 8.11. The first-order valence-corrected chi connectivity index (χ1v) is 6.18. The van der Waals surface area contributed by atoms with Crippen LogP contribution in [0.1, 0.15) is 20.8 Å². The minimum atomic E-state index is -0.102. The third-order valence-corrected chi connectivity index (χ3v) is 3.03. The molecule has 0 aromatic heterocycles. The molecular formula is C14H22N2O. The Kier molecular flexibility index (Phi) is 5.16. The molecule has 1 aromatic rings. The number of amides is 1. The fraction of sp³-hybridized carbons (Fsp3) is 0.500. The Morgan fingerprint density at radius 3 is 2.29 bits per heavy atom. The van der Waals surface area contributed by atoms with E-state index in [1.165, 1.54) is 0 Å². The van der Waals surface area contributed by atoms with Crippen molar-refractivity contribution in [2.24, 2.45) is 17.6 Å². The van der Waals surface area contributed by atoms with Gasteiger partial charge in [-0.1, -0.05) is 32.0 Å². The largest absolute Gasteiger partial charge is 0.330 e. The number of carbonyl (C=O) groups is 1. The van der Waals surface area contributed by atoms with Crippen LogP contribution < -0.4 is 10.6 Å². The number of benzene rings is 1. The molecule has 0 fully saturated rings. The van der Waals surface area contributed by atoms with Gasteiger partial charge < -0.3 is 10.6 Å². The summed E-state index contributed by atoms with van der Waals surface area (Å²) in [5.41, 5.74) is 6.64. The van der Waals surface area contributed by atoms with Gasteiger partial charge in [0.1, 0.15) is 0 Å². The number of carbonyl (C=O) groups excluding carboxylic acids is 1. The Morgan fingerprint density at radius 2 is 1.88 bits per heavy atom. The third kappa shape index (κ3) is 3.30. The van der Waals surface area contributed by atoms with E-state index >= 15 is 0 Å². The zero-order chi connectivity index (χ0) is 12.8. The van der Waals surface area contributed by atoms with Crippen LogP contribution in [0.15, 0.2) is 30.3 Å². The molecule has 3 heteroatoms. The molecule has 0 aliphatic carbocycles. The highest BCUT2D eigenvalue weighted by molar-refractivity contribution is 5.95. The zero-order valence-corrected chi connectivity index (χ0v) is 10.9. The number of hydrogen-bond acceptors (Lipinski definition) is 2. The van der Waals surface area contributed by atoms with Gasteiger partial charge in [-0.3, -0.25) is 4.79 Å². The van der Waals surface area contributed by atoms with Crippen molar-refractivity contribution in [1.82, 2.24) is 0 Å². The summed E-state index contributed by atoms with van der Waals surface area (Å²) in [6.07, 6.45) is 0. The number of rotatable bonds is 5. The minimum absolute atomic E-state index is 0.102. The third-order valence-electron chi connectivity index (χ3n) is 3.03. The normalized spacial score (nSPS) is 12.5. The van der Waals surface area contributed by atoms with Crippen molar-refractivity contribution in [3.8, 4) is 0 Å². The molecule has 0 saturated heterocycles. The quantitative estimate of drug-likeness (QED) is 0.849. The highest BCUT2D eigenvalue weighted by Gasteiger charge is 2.25. The maximum atomic E-state index is 12.4. The summed E-state index contributed by atoms with van der Waals surface area (Å²) in [5.74, 6) is 0.289. The molecule has 17 heavy (non-hydrogen) atoms. The van der Waals surface area contributed by atoms with E-state index in [0.29, 0.717) is 13.1 Å². The summed E-state index contributed by atoms with van der Waals surface area (Å²) in [6.45, 7) is 7.13. The van der Waals surface area contributed by atoms with Crippen LogP contribution >= 0.6 is 0 Å². The van der Waals surface area contributed by atoms with E-state index in [9.17, 15) is 4.79 Å². The van der Waals surface area contributed by atoms with Gasteiger partial charge >= 0.3 is 0 Å². The Hall–Kier alpha value is -1.35. The molecule has 1 unspecified atom stereocenters. The lowest BCUT2D eigenvalue weighted by molar-refractivity contribution is -0.123. The van der Waals surface area contributed by atoms with Gasteiger partial charge in [0.15, 0.2) is 0 Å². The molecule has 0 aliphatic heterocycles. The predicted octanol–water partition coefficient (Wildman–Crippen LogP) is 2.27. The first kappa shape index (κ1) is 13.7. The van der Waals surface area contributed by atoms with E-state index in [1.807, 2.05) is 51.1 Å². The van der Waals surface area contributed by atoms with E-state index in [2.05, 4.69) is 0 Å². The lowest BCUT2D eigenvalue weighted by Crippen LogP contribution is -2.41. The lowest BCUT2D eigenvalue weighted by atomic mass is 9.94. The van der Waals surface area contributed by atoms with Crippen molar-refractivity contribution < 1.29 is 4.79 Å². The van der Waals surface area contributed by atoms with Crippen LogP contribution in [-0.4, -0.2) is 19.0 Å². The van der Waals surface area contributed by atoms with Crippen LogP contribution in [0.5, 0.6) is 0 Å². The topological polar surface area (TPSA) is 46.3 Å². The van der Waals surface area contributed by atoms with Crippen LogP contribution in [0.25, 0.3) is 0 Å². The molecule has 3 nitrogen and oxygen atoms in total. The van der Waals surface area contributed by atoms with Crippen molar-refractivity contribution in [2.45, 2.75) is 20.8 Å². The molecule has 0 aliphatic rings. The number of para-hydroxylation sites is 1. The predicted molar refractivity (Wildman–Crippen MR) is 71.9 cm³/mol. The standard InChI is InChI=1S/C14H22N2O/c1-4-16(12-8-6-5-7-9-12)14(17)13(10-15)11(2)3/h5-9,11,13H,4,10,15H2,1-3H3. The smallest absolute Gasteiger partial charge is 0.231 e. The van der Waals surface area contributed by atoms with Gasteiger partial charge in [-0.15, -0.1) is 0 Å². The Bertz CT molecular complexity index is 348. The molecule has 1 aromatic carbocycles. The van der Waals surface area contributed by atoms with E-state index in [1.54, 1.807) is 4.90 Å². The van der Waals surface area contributed by atoms with Gasteiger partial charge in [-0.25, -0.2) is 0 Å². The fourth-order valence-corrected chi connectivity index (χ4v) is 1.93. The van der Waals surface area contributed by atoms with Gasteiger partial charge in [0.05, 0.1) is 5.92 Å². The van der Waals surface area contributed by atoms with E-state index < -0.39 is 0 Å². The van der Waals surface area contributed by atoms with E-state index in [0.717, 1.165) is 5.69 Å². The average Bonchev–Trinajstić information content (AvgIpc) is 2.31. The Labute approximate surface area is 104 Å². The fourth-order valence-electron chi connectivity index (χ4n) is 1.93. The second-order valence-electron chi connectivity index (χ2n) is 4.50. The average molecular weight is 234 g/mol. The number of anilines is 1. The van der Waals surface area contributed by atoms with Crippen LogP contribution in [0.4, 0.5) is 5.69 Å². The Balaban J connectivity index is 2.91. The molecule has 1 rings (SSSR count). The number of nitrogens with zero attached hydrogens (tertiary/aromatic N) is 1. The molecular weight excluding hydrogens is 212 g/mol. The summed E-state index contributed by atoms with van der Waals surface area (Å²) >= 11 is 0. The maximum Gasteiger partial charge on any atom is 0.231 e. The molecule has 1 amide bonds. The van der Waals surface area contributed by atoms with Crippen molar-refractivity contribution in [1.29, 1.82) is 0 Å². The van der Waals surface area contributed by atoms with E-state index in [-0.39, 0.29) is 17.7 Å². The summed E-state index contributed by atoms with van der Waals surface area (Å²) in [4.78, 5) is 14.2. The summed E-state index contributed by atoms with van der Waals surface area (Å²) in [7, 11) is 0. The van der Waals surface area contributed by atoms with Crippen LogP contribution in [0.3, 0.4) is 0 Å². The van der Waals surface area contributed by atoms with Gasteiger partial charge in [0.25, 0.3) is 0 Å². The van der Waals surface area contributed by atoms with Crippen molar-refractivity contribution in [2.75, 3.05) is 18.0 Å². The van der Waals surface area contributed by atoms with Crippen LogP contribution in [0.2, 0.25) is 0 Å². The summed E-state index contributed by atoms with van der Waals surface area (Å²) < 4.78 is 0. The van der Waals surface area contributed by atoms with Crippen LogP contribution in [-0.2, 0) is 4.79 Å². The molecule has 0 radical (unpaired) electrons. The van der Waals surface area contributed by atoms with Crippen molar-refractivity contribution in [3.63, 3.8) is 0 Å². The SMILES string of the molecule is CCN(C(=O)C(CN)C(C)C)c1ccccc1. The van der Waals surface area contributed by atoms with Gasteiger partial charge in [0, 0.05) is 18.8 Å². The van der Waals surface area contributed by atoms with Gasteiger partial charge in [-0.2, -0.15) is 0 Å². The van der Waals surface area contributed by atoms with E-state index in [4.69, 9.17) is 5.73 Å². The van der Waals surface area contributed by atoms with Crippen molar-refractivity contribution in [3.05, 3.63) is 30.3 Å². The lowest BCUT2D eigenvalue weighted by Gasteiger charge is -2.27. The second kappa shape index (κ2) is 6.40. The second-order valence-corrected chi connectivity index (χ2v) is 4.50. The number of nitrogens with two attached hydrogens (primary N) is 1. The molecule has 1 atom stereocenters. The minimum Gasteiger partial charge on any atom is -0.330 e. The molecule has 0 saturated carbocycles. The molecule has 0 spiro atoms. The van der Waals surface area contributed by atoms with Gasteiger partial charge in [0.2, 0.25) is 5.91 Å². The van der Waals surface area contributed by atoms with Crippen LogP contribution in [0, 0.1) is 11.8 Å². The summed E-state index contributed by atoms with van der Waals surface area (Å²) in [6, 6.07) is 9.74. The van der Waals surface area contributed by atoms with Gasteiger partial charge in [-0.05, 0) is 25.0 Å². The zero-order valence-electron chi connectivity index (χ0n) is 10.9. The monoisotopic (exact) mass is 234 g/mol. The molecule has 0 bridgehead atoms.